The Hall–Kier alpha value is -2.62. The van der Waals surface area contributed by atoms with Gasteiger partial charge < -0.3 is 10.1 Å². The molecule has 0 heterocycles. The summed E-state index contributed by atoms with van der Waals surface area (Å²) in [5.41, 5.74) is 1.65. The molecule has 3 nitrogen and oxygen atoms in total. The van der Waals surface area contributed by atoms with Crippen LogP contribution in [0.5, 0.6) is 5.75 Å². The molecule has 4 heteroatoms. The molecule has 0 fully saturated rings. The second-order valence-electron chi connectivity index (χ2n) is 4.80. The van der Waals surface area contributed by atoms with E-state index in [-0.39, 0.29) is 11.7 Å². The standard InChI is InChI=1S/C18H18FNO2/c1-2-13-22-17-10-8-16(9-11-17)20-18(21)12-5-14-3-6-15(19)7-4-14/h2-4,6-11H,1,5,12-13H2,(H,20,21). The average Bonchev–Trinajstić information content (AvgIpc) is 2.54. The number of ether oxygens (including phenoxy) is 1. The Bertz CT molecular complexity index is 621. The molecule has 0 bridgehead atoms. The van der Waals surface area contributed by atoms with E-state index in [1.807, 2.05) is 0 Å². The first kappa shape index (κ1) is 15.8. The lowest BCUT2D eigenvalue weighted by molar-refractivity contribution is -0.116. The largest absolute Gasteiger partial charge is 0.490 e. The Balaban J connectivity index is 1.81. The fraction of sp³-hybridized carbons (Fsp3) is 0.167. The summed E-state index contributed by atoms with van der Waals surface area (Å²) >= 11 is 0. The number of halogens is 1. The summed E-state index contributed by atoms with van der Waals surface area (Å²) in [5, 5.41) is 2.82. The molecule has 2 aromatic carbocycles. The first-order valence-electron chi connectivity index (χ1n) is 7.05. The lowest BCUT2D eigenvalue weighted by Crippen LogP contribution is -2.12. The number of carbonyl (C=O) groups is 1. The Kier molecular flexibility index (Phi) is 5.72. The zero-order valence-corrected chi connectivity index (χ0v) is 12.2. The highest BCUT2D eigenvalue weighted by Gasteiger charge is 2.04. The minimum Gasteiger partial charge on any atom is -0.490 e. The van der Waals surface area contributed by atoms with Crippen LogP contribution in [-0.4, -0.2) is 12.5 Å². The van der Waals surface area contributed by atoms with E-state index in [4.69, 9.17) is 4.74 Å². The van der Waals surface area contributed by atoms with Gasteiger partial charge in [0.2, 0.25) is 5.91 Å². The van der Waals surface area contributed by atoms with Gasteiger partial charge in [0.25, 0.3) is 0 Å². The van der Waals surface area contributed by atoms with Crippen LogP contribution in [0.2, 0.25) is 0 Å². The van der Waals surface area contributed by atoms with E-state index in [2.05, 4.69) is 11.9 Å². The van der Waals surface area contributed by atoms with Crippen molar-refractivity contribution >= 4 is 11.6 Å². The number of hydrogen-bond acceptors (Lipinski definition) is 2. The van der Waals surface area contributed by atoms with Crippen LogP contribution in [0, 0.1) is 5.82 Å². The Morgan fingerprint density at radius 1 is 1.14 bits per heavy atom. The maximum absolute atomic E-state index is 12.8. The SMILES string of the molecule is C=CCOc1ccc(NC(=O)CCc2ccc(F)cc2)cc1. The Morgan fingerprint density at radius 2 is 1.82 bits per heavy atom. The first-order valence-corrected chi connectivity index (χ1v) is 7.05. The normalized spacial score (nSPS) is 10.0. The lowest BCUT2D eigenvalue weighted by atomic mass is 10.1. The van der Waals surface area contributed by atoms with Gasteiger partial charge >= 0.3 is 0 Å². The highest BCUT2D eigenvalue weighted by atomic mass is 19.1. The molecular weight excluding hydrogens is 281 g/mol. The smallest absolute Gasteiger partial charge is 0.224 e. The minimum absolute atomic E-state index is 0.0796. The summed E-state index contributed by atoms with van der Waals surface area (Å²) in [6, 6.07) is 13.3. The number of hydrogen-bond donors (Lipinski definition) is 1. The van der Waals surface area contributed by atoms with Gasteiger partial charge in [-0.1, -0.05) is 24.8 Å². The van der Waals surface area contributed by atoms with Crippen LogP contribution in [0.15, 0.2) is 61.2 Å². The van der Waals surface area contributed by atoms with Crippen molar-refractivity contribution in [3.8, 4) is 5.75 Å². The van der Waals surface area contributed by atoms with Gasteiger partial charge in [0.1, 0.15) is 18.2 Å². The highest BCUT2D eigenvalue weighted by Crippen LogP contribution is 2.16. The summed E-state index contributed by atoms with van der Waals surface area (Å²) in [7, 11) is 0. The summed E-state index contributed by atoms with van der Waals surface area (Å²) in [6.45, 7) is 4.03. The van der Waals surface area contributed by atoms with Crippen molar-refractivity contribution in [3.05, 3.63) is 72.6 Å². The van der Waals surface area contributed by atoms with Crippen molar-refractivity contribution < 1.29 is 13.9 Å². The second-order valence-corrected chi connectivity index (χ2v) is 4.80. The number of aryl methyl sites for hydroxylation is 1. The second kappa shape index (κ2) is 7.98. The number of amides is 1. The molecule has 0 saturated heterocycles. The minimum atomic E-state index is -0.271. The van der Waals surface area contributed by atoms with Crippen LogP contribution < -0.4 is 10.1 Å². The van der Waals surface area contributed by atoms with Crippen molar-refractivity contribution in [3.63, 3.8) is 0 Å². The number of benzene rings is 2. The molecule has 0 radical (unpaired) electrons. The van der Waals surface area contributed by atoms with E-state index < -0.39 is 0 Å². The van der Waals surface area contributed by atoms with E-state index in [0.29, 0.717) is 19.4 Å². The van der Waals surface area contributed by atoms with E-state index in [0.717, 1.165) is 17.0 Å². The predicted octanol–water partition coefficient (Wildman–Crippen LogP) is 3.96. The van der Waals surface area contributed by atoms with Gasteiger partial charge in [-0.2, -0.15) is 0 Å². The molecule has 0 aliphatic heterocycles. The lowest BCUT2D eigenvalue weighted by Gasteiger charge is -2.07. The Morgan fingerprint density at radius 3 is 2.45 bits per heavy atom. The number of carbonyl (C=O) groups excluding carboxylic acids is 1. The van der Waals surface area contributed by atoms with Crippen molar-refractivity contribution in [1.29, 1.82) is 0 Å². The number of nitrogens with one attached hydrogen (secondary N) is 1. The van der Waals surface area contributed by atoms with Gasteiger partial charge in [-0.25, -0.2) is 4.39 Å². The molecule has 0 spiro atoms. The fourth-order valence-corrected chi connectivity index (χ4v) is 1.92. The van der Waals surface area contributed by atoms with Gasteiger partial charge in [-0.05, 0) is 48.4 Å². The molecule has 0 atom stereocenters. The summed E-state index contributed by atoms with van der Waals surface area (Å²) < 4.78 is 18.2. The van der Waals surface area contributed by atoms with Crippen LogP contribution in [0.3, 0.4) is 0 Å². The zero-order chi connectivity index (χ0) is 15.8. The molecule has 114 valence electrons. The van der Waals surface area contributed by atoms with Gasteiger partial charge in [-0.15, -0.1) is 0 Å². The predicted molar refractivity (Wildman–Crippen MR) is 85.5 cm³/mol. The molecular formula is C18H18FNO2. The molecule has 0 aromatic heterocycles. The molecule has 2 rings (SSSR count). The topological polar surface area (TPSA) is 38.3 Å². The van der Waals surface area contributed by atoms with E-state index >= 15 is 0 Å². The third-order valence-electron chi connectivity index (χ3n) is 3.06. The van der Waals surface area contributed by atoms with Crippen molar-refractivity contribution in [2.75, 3.05) is 11.9 Å². The molecule has 1 amide bonds. The summed E-state index contributed by atoms with van der Waals surface area (Å²) in [4.78, 5) is 11.9. The molecule has 22 heavy (non-hydrogen) atoms. The zero-order valence-electron chi connectivity index (χ0n) is 12.2. The van der Waals surface area contributed by atoms with Crippen molar-refractivity contribution in [2.24, 2.45) is 0 Å². The van der Waals surface area contributed by atoms with E-state index in [1.165, 1.54) is 12.1 Å². The molecule has 0 aliphatic carbocycles. The summed E-state index contributed by atoms with van der Waals surface area (Å²) in [5.74, 6) is 0.375. The maximum atomic E-state index is 12.8. The summed E-state index contributed by atoms with van der Waals surface area (Å²) in [6.07, 6.45) is 2.60. The molecule has 0 aliphatic rings. The van der Waals surface area contributed by atoms with Crippen LogP contribution in [0.25, 0.3) is 0 Å². The van der Waals surface area contributed by atoms with Gasteiger partial charge in [0.05, 0.1) is 0 Å². The molecule has 0 unspecified atom stereocenters. The monoisotopic (exact) mass is 299 g/mol. The number of anilines is 1. The van der Waals surface area contributed by atoms with Crippen LogP contribution in [0.4, 0.5) is 10.1 Å². The third-order valence-corrected chi connectivity index (χ3v) is 3.06. The molecule has 1 N–H and O–H groups in total. The Labute approximate surface area is 129 Å². The van der Waals surface area contributed by atoms with Gasteiger partial charge in [-0.3, -0.25) is 4.79 Å². The van der Waals surface area contributed by atoms with Crippen LogP contribution >= 0.6 is 0 Å². The van der Waals surface area contributed by atoms with E-state index in [1.54, 1.807) is 42.5 Å². The van der Waals surface area contributed by atoms with Gasteiger partial charge in [0.15, 0.2) is 0 Å². The maximum Gasteiger partial charge on any atom is 0.224 e. The third kappa shape index (κ3) is 5.05. The first-order chi connectivity index (χ1) is 10.7. The van der Waals surface area contributed by atoms with Crippen LogP contribution in [0.1, 0.15) is 12.0 Å². The number of rotatable bonds is 7. The molecule has 2 aromatic rings. The fourth-order valence-electron chi connectivity index (χ4n) is 1.92. The molecule has 0 saturated carbocycles. The average molecular weight is 299 g/mol. The van der Waals surface area contributed by atoms with E-state index in [9.17, 15) is 9.18 Å². The quantitative estimate of drug-likeness (QED) is 0.786. The highest BCUT2D eigenvalue weighted by molar-refractivity contribution is 5.90. The van der Waals surface area contributed by atoms with Crippen molar-refractivity contribution in [1.82, 2.24) is 0 Å². The van der Waals surface area contributed by atoms with Crippen molar-refractivity contribution in [2.45, 2.75) is 12.8 Å². The van der Waals surface area contributed by atoms with Crippen LogP contribution in [-0.2, 0) is 11.2 Å². The van der Waals surface area contributed by atoms with Gasteiger partial charge in [0, 0.05) is 12.1 Å².